The second kappa shape index (κ2) is 5.03. The zero-order valence-corrected chi connectivity index (χ0v) is 9.95. The third kappa shape index (κ3) is 3.10. The van der Waals surface area contributed by atoms with Crippen molar-refractivity contribution in [2.45, 2.75) is 51.4 Å². The number of hydrogen-bond donors (Lipinski definition) is 1. The Bertz CT molecular complexity index is 278. The van der Waals surface area contributed by atoms with Gasteiger partial charge in [0.2, 0.25) is 0 Å². The average molecular weight is 222 g/mol. The lowest BCUT2D eigenvalue weighted by atomic mass is 9.85. The van der Waals surface area contributed by atoms with E-state index in [4.69, 9.17) is 5.11 Å². The first kappa shape index (κ1) is 11.7. The molecule has 0 aromatic rings. The first-order chi connectivity index (χ1) is 7.66. The van der Waals surface area contributed by atoms with E-state index in [1.54, 1.807) is 0 Å². The Balaban J connectivity index is 1.91. The summed E-state index contributed by atoms with van der Waals surface area (Å²) in [5, 5.41) is 9.01. The van der Waals surface area contributed by atoms with Crippen molar-refractivity contribution in [1.82, 2.24) is 0 Å². The molecule has 2 fully saturated rings. The SMILES string of the molecule is C=C(C(=O)O)C1CCCCC(CC2CC2)C1. The maximum atomic E-state index is 11.0. The summed E-state index contributed by atoms with van der Waals surface area (Å²) < 4.78 is 0. The highest BCUT2D eigenvalue weighted by atomic mass is 16.4. The zero-order valence-electron chi connectivity index (χ0n) is 9.95. The Labute approximate surface area is 97.7 Å². The third-order valence-electron chi connectivity index (χ3n) is 4.16. The Morgan fingerprint density at radius 2 is 1.81 bits per heavy atom. The number of aliphatic carboxylic acids is 1. The Morgan fingerprint density at radius 3 is 2.44 bits per heavy atom. The number of carboxylic acids is 1. The Kier molecular flexibility index (Phi) is 3.67. The number of carboxylic acid groups (broad SMARTS) is 1. The molecule has 2 unspecified atom stereocenters. The first-order valence-electron chi connectivity index (χ1n) is 6.59. The summed E-state index contributed by atoms with van der Waals surface area (Å²) in [7, 11) is 0. The van der Waals surface area contributed by atoms with Crippen LogP contribution >= 0.6 is 0 Å². The molecule has 0 bridgehead atoms. The summed E-state index contributed by atoms with van der Waals surface area (Å²) in [6.07, 6.45) is 10.0. The van der Waals surface area contributed by atoms with E-state index < -0.39 is 5.97 Å². The Morgan fingerprint density at radius 1 is 1.12 bits per heavy atom. The van der Waals surface area contributed by atoms with Crippen molar-refractivity contribution in [3.63, 3.8) is 0 Å². The molecule has 2 aliphatic carbocycles. The van der Waals surface area contributed by atoms with Crippen molar-refractivity contribution in [3.05, 3.63) is 12.2 Å². The molecule has 2 nitrogen and oxygen atoms in total. The molecule has 2 rings (SSSR count). The molecule has 0 radical (unpaired) electrons. The summed E-state index contributed by atoms with van der Waals surface area (Å²) in [6, 6.07) is 0. The maximum absolute atomic E-state index is 11.0. The summed E-state index contributed by atoms with van der Waals surface area (Å²) in [5.74, 6) is 1.17. The van der Waals surface area contributed by atoms with E-state index >= 15 is 0 Å². The van der Waals surface area contributed by atoms with Gasteiger partial charge in [0.05, 0.1) is 0 Å². The van der Waals surface area contributed by atoms with E-state index in [0.717, 1.165) is 24.7 Å². The second-order valence-electron chi connectivity index (χ2n) is 5.59. The first-order valence-corrected chi connectivity index (χ1v) is 6.59. The van der Waals surface area contributed by atoms with E-state index in [9.17, 15) is 4.79 Å². The molecule has 2 atom stereocenters. The molecular weight excluding hydrogens is 200 g/mol. The van der Waals surface area contributed by atoms with Gasteiger partial charge in [-0.25, -0.2) is 4.79 Å². The summed E-state index contributed by atoms with van der Waals surface area (Å²) in [6.45, 7) is 3.75. The van der Waals surface area contributed by atoms with Gasteiger partial charge in [-0.1, -0.05) is 38.7 Å². The molecule has 1 N–H and O–H groups in total. The van der Waals surface area contributed by atoms with Crippen LogP contribution in [0.3, 0.4) is 0 Å². The van der Waals surface area contributed by atoms with Gasteiger partial charge in [-0.2, -0.15) is 0 Å². The van der Waals surface area contributed by atoms with Crippen LogP contribution in [-0.2, 0) is 4.79 Å². The van der Waals surface area contributed by atoms with Crippen LogP contribution in [0.2, 0.25) is 0 Å². The van der Waals surface area contributed by atoms with Gasteiger partial charge in [0.15, 0.2) is 0 Å². The molecule has 2 aliphatic rings. The van der Waals surface area contributed by atoms with Crippen LogP contribution in [0.5, 0.6) is 0 Å². The van der Waals surface area contributed by atoms with Gasteiger partial charge >= 0.3 is 5.97 Å². The van der Waals surface area contributed by atoms with Crippen LogP contribution in [-0.4, -0.2) is 11.1 Å². The molecule has 2 heteroatoms. The van der Waals surface area contributed by atoms with Crippen molar-refractivity contribution >= 4 is 5.97 Å². The van der Waals surface area contributed by atoms with Gasteiger partial charge in [-0.3, -0.25) is 0 Å². The number of rotatable bonds is 4. The average Bonchev–Trinajstić information content (AvgIpc) is 3.05. The third-order valence-corrected chi connectivity index (χ3v) is 4.16. The van der Waals surface area contributed by atoms with Crippen molar-refractivity contribution in [2.75, 3.05) is 0 Å². The minimum atomic E-state index is -0.794. The molecule has 0 spiro atoms. The van der Waals surface area contributed by atoms with Gasteiger partial charge in [0.1, 0.15) is 0 Å². The topological polar surface area (TPSA) is 37.3 Å². The van der Waals surface area contributed by atoms with Crippen LogP contribution in [0.1, 0.15) is 51.4 Å². The molecule has 0 aliphatic heterocycles. The molecule has 0 amide bonds. The molecule has 16 heavy (non-hydrogen) atoms. The van der Waals surface area contributed by atoms with Crippen LogP contribution < -0.4 is 0 Å². The molecule has 0 aromatic heterocycles. The molecule has 0 saturated heterocycles. The molecule has 0 aromatic carbocycles. The smallest absolute Gasteiger partial charge is 0.331 e. The predicted octanol–water partition coefficient (Wildman–Crippen LogP) is 3.62. The van der Waals surface area contributed by atoms with Crippen molar-refractivity contribution in [2.24, 2.45) is 17.8 Å². The van der Waals surface area contributed by atoms with E-state index in [2.05, 4.69) is 6.58 Å². The van der Waals surface area contributed by atoms with E-state index in [1.165, 1.54) is 38.5 Å². The summed E-state index contributed by atoms with van der Waals surface area (Å²) in [5.41, 5.74) is 0.447. The molecular formula is C14H22O2. The van der Waals surface area contributed by atoms with Gasteiger partial charge < -0.3 is 5.11 Å². The van der Waals surface area contributed by atoms with Crippen LogP contribution in [0.25, 0.3) is 0 Å². The normalized spacial score (nSPS) is 30.8. The molecule has 2 saturated carbocycles. The van der Waals surface area contributed by atoms with E-state index in [-0.39, 0.29) is 5.92 Å². The fourth-order valence-corrected chi connectivity index (χ4v) is 2.99. The van der Waals surface area contributed by atoms with Crippen LogP contribution in [0.4, 0.5) is 0 Å². The molecule has 90 valence electrons. The van der Waals surface area contributed by atoms with Crippen molar-refractivity contribution < 1.29 is 9.90 Å². The highest BCUT2D eigenvalue weighted by Crippen LogP contribution is 2.41. The lowest BCUT2D eigenvalue weighted by molar-refractivity contribution is -0.133. The lowest BCUT2D eigenvalue weighted by Crippen LogP contribution is -2.14. The summed E-state index contributed by atoms with van der Waals surface area (Å²) in [4.78, 5) is 11.0. The summed E-state index contributed by atoms with van der Waals surface area (Å²) >= 11 is 0. The van der Waals surface area contributed by atoms with E-state index in [1.807, 2.05) is 0 Å². The number of carbonyl (C=O) groups is 1. The van der Waals surface area contributed by atoms with Gasteiger partial charge in [0.25, 0.3) is 0 Å². The zero-order chi connectivity index (χ0) is 11.5. The van der Waals surface area contributed by atoms with Crippen molar-refractivity contribution in [1.29, 1.82) is 0 Å². The monoisotopic (exact) mass is 222 g/mol. The lowest BCUT2D eigenvalue weighted by Gasteiger charge is -2.19. The highest BCUT2D eigenvalue weighted by molar-refractivity contribution is 5.86. The minimum Gasteiger partial charge on any atom is -0.478 e. The number of hydrogen-bond acceptors (Lipinski definition) is 1. The largest absolute Gasteiger partial charge is 0.478 e. The standard InChI is InChI=1S/C14H22O2/c1-10(14(15)16)13-5-3-2-4-12(9-13)8-11-6-7-11/h11-13H,1-9H2,(H,15,16). The molecule has 0 heterocycles. The van der Waals surface area contributed by atoms with Crippen molar-refractivity contribution in [3.8, 4) is 0 Å². The quantitative estimate of drug-likeness (QED) is 0.582. The minimum absolute atomic E-state index is 0.240. The fraction of sp³-hybridized carbons (Fsp3) is 0.786. The highest BCUT2D eigenvalue weighted by Gasteiger charge is 2.30. The van der Waals surface area contributed by atoms with E-state index in [0.29, 0.717) is 5.57 Å². The second-order valence-corrected chi connectivity index (χ2v) is 5.59. The van der Waals surface area contributed by atoms with Gasteiger partial charge in [0, 0.05) is 5.57 Å². The maximum Gasteiger partial charge on any atom is 0.331 e. The van der Waals surface area contributed by atoms with Crippen LogP contribution in [0, 0.1) is 17.8 Å². The van der Waals surface area contributed by atoms with Gasteiger partial charge in [-0.05, 0) is 37.0 Å². The Hall–Kier alpha value is -0.790. The fourth-order valence-electron chi connectivity index (χ4n) is 2.99. The van der Waals surface area contributed by atoms with Crippen LogP contribution in [0.15, 0.2) is 12.2 Å². The predicted molar refractivity (Wildman–Crippen MR) is 64.2 cm³/mol. The van der Waals surface area contributed by atoms with Gasteiger partial charge in [-0.15, -0.1) is 0 Å².